The number of carbonyl (C=O) groups is 2. The molecule has 2 fully saturated rings. The molecular formula is C22H31NO6. The second-order valence-electron chi connectivity index (χ2n) is 8.36. The minimum atomic E-state index is -0.786. The summed E-state index contributed by atoms with van der Waals surface area (Å²) >= 11 is 0. The Hall–Kier alpha value is -2.28. The fourth-order valence-electron chi connectivity index (χ4n) is 4.22. The van der Waals surface area contributed by atoms with Gasteiger partial charge < -0.3 is 24.3 Å². The van der Waals surface area contributed by atoms with Crippen molar-refractivity contribution < 1.29 is 28.5 Å². The van der Waals surface area contributed by atoms with E-state index in [2.05, 4.69) is 25.2 Å². The lowest BCUT2D eigenvalue weighted by Gasteiger charge is -2.35. The fourth-order valence-corrected chi connectivity index (χ4v) is 4.22. The number of amides is 1. The molecule has 0 aromatic carbocycles. The second-order valence-corrected chi connectivity index (χ2v) is 8.36. The highest BCUT2D eigenvalue weighted by Crippen LogP contribution is 2.61. The highest BCUT2D eigenvalue weighted by molar-refractivity contribution is 5.89. The van der Waals surface area contributed by atoms with Crippen LogP contribution in [-0.2, 0) is 23.7 Å². The van der Waals surface area contributed by atoms with Crippen LogP contribution < -0.4 is 5.32 Å². The summed E-state index contributed by atoms with van der Waals surface area (Å²) in [6.07, 6.45) is 6.81. The Morgan fingerprint density at radius 2 is 2.07 bits per heavy atom. The van der Waals surface area contributed by atoms with Crippen molar-refractivity contribution in [2.24, 2.45) is 11.8 Å². The molecule has 0 aromatic heterocycles. The molecule has 0 aromatic rings. The Balaban J connectivity index is 1.60. The van der Waals surface area contributed by atoms with Gasteiger partial charge in [0.15, 0.2) is 0 Å². The summed E-state index contributed by atoms with van der Waals surface area (Å²) in [6, 6.07) is 0. The van der Waals surface area contributed by atoms with Crippen LogP contribution in [0.25, 0.3) is 0 Å². The number of esters is 1. The van der Waals surface area contributed by atoms with Gasteiger partial charge in [0.05, 0.1) is 23.9 Å². The van der Waals surface area contributed by atoms with Crippen molar-refractivity contribution >= 4 is 12.1 Å². The normalized spacial score (nSPS) is 32.2. The lowest BCUT2D eigenvalue weighted by molar-refractivity contribution is -0.151. The average molecular weight is 405 g/mol. The molecule has 0 unspecified atom stereocenters. The van der Waals surface area contributed by atoms with E-state index in [1.807, 2.05) is 19.9 Å². The van der Waals surface area contributed by atoms with Crippen molar-refractivity contribution in [1.29, 1.82) is 0 Å². The third-order valence-corrected chi connectivity index (χ3v) is 5.96. The Labute approximate surface area is 172 Å². The molecule has 0 spiro atoms. The topological polar surface area (TPSA) is 86.4 Å². The van der Waals surface area contributed by atoms with E-state index in [1.54, 1.807) is 0 Å². The van der Waals surface area contributed by atoms with Gasteiger partial charge in [-0.1, -0.05) is 17.2 Å². The Bertz CT molecular complexity index is 750. The van der Waals surface area contributed by atoms with Gasteiger partial charge in [0.2, 0.25) is 0 Å². The first-order chi connectivity index (χ1) is 13.8. The van der Waals surface area contributed by atoms with Crippen LogP contribution in [-0.4, -0.2) is 43.7 Å². The lowest BCUT2D eigenvalue weighted by Crippen LogP contribution is -2.44. The molecule has 160 valence electrons. The van der Waals surface area contributed by atoms with Gasteiger partial charge in [-0.05, 0) is 53.0 Å². The number of epoxide rings is 1. The number of hydrogen-bond acceptors (Lipinski definition) is 6. The molecule has 3 rings (SSSR count). The molecule has 7 nitrogen and oxygen atoms in total. The quantitative estimate of drug-likeness (QED) is 0.396. The molecule has 29 heavy (non-hydrogen) atoms. The summed E-state index contributed by atoms with van der Waals surface area (Å²) in [6.45, 7) is 8.39. The molecule has 0 bridgehead atoms. The van der Waals surface area contributed by atoms with Crippen molar-refractivity contribution in [1.82, 2.24) is 5.32 Å². The molecular weight excluding hydrogens is 374 g/mol. The summed E-state index contributed by atoms with van der Waals surface area (Å²) in [7, 11) is 1.49. The monoisotopic (exact) mass is 405 g/mol. The molecule has 1 amide bonds. The minimum Gasteiger partial charge on any atom is -0.461 e. The van der Waals surface area contributed by atoms with Crippen LogP contribution in [0.1, 0.15) is 47.0 Å². The van der Waals surface area contributed by atoms with Gasteiger partial charge in [-0.3, -0.25) is 0 Å². The minimum absolute atomic E-state index is 0.0448. The molecule has 1 aliphatic carbocycles. The summed E-state index contributed by atoms with van der Waals surface area (Å²) < 4.78 is 22.2. The summed E-state index contributed by atoms with van der Waals surface area (Å²) in [5, 5.41) is 2.42. The highest BCUT2D eigenvalue weighted by atomic mass is 16.7. The van der Waals surface area contributed by atoms with Gasteiger partial charge in [-0.25, -0.2) is 9.59 Å². The highest BCUT2D eigenvalue weighted by Gasteiger charge is 2.71. The van der Waals surface area contributed by atoms with E-state index >= 15 is 0 Å². The van der Waals surface area contributed by atoms with Crippen molar-refractivity contribution in [2.45, 2.75) is 65.0 Å². The largest absolute Gasteiger partial charge is 0.461 e. The van der Waals surface area contributed by atoms with Crippen LogP contribution in [0.15, 0.2) is 35.1 Å². The van der Waals surface area contributed by atoms with E-state index in [4.69, 9.17) is 18.9 Å². The maximum atomic E-state index is 12.7. The first kappa shape index (κ1) is 21.4. The fraction of sp³-hybridized carbons (Fsp3) is 0.636. The molecule has 5 atom stereocenters. The molecule has 7 heteroatoms. The maximum absolute atomic E-state index is 12.7. The van der Waals surface area contributed by atoms with E-state index in [-0.39, 0.29) is 24.5 Å². The third-order valence-electron chi connectivity index (χ3n) is 5.96. The van der Waals surface area contributed by atoms with Gasteiger partial charge >= 0.3 is 12.1 Å². The van der Waals surface area contributed by atoms with Crippen molar-refractivity contribution in [3.63, 3.8) is 0 Å². The lowest BCUT2D eigenvalue weighted by atomic mass is 9.82. The first-order valence-corrected chi connectivity index (χ1v) is 10.1. The van der Waals surface area contributed by atoms with Gasteiger partial charge in [0, 0.05) is 13.0 Å². The van der Waals surface area contributed by atoms with Crippen LogP contribution in [0.3, 0.4) is 0 Å². The molecule has 1 saturated carbocycles. The average Bonchev–Trinajstić information content (AvgIpc) is 3.22. The van der Waals surface area contributed by atoms with Crippen molar-refractivity contribution in [2.75, 3.05) is 13.7 Å². The van der Waals surface area contributed by atoms with E-state index in [1.165, 1.54) is 24.5 Å². The SMILES string of the molecule is CNC(=O)O[C@@H]1OC=C(C(=O)OC/C=C(\C)CCC=C(C)C)[C@H]2C[C@@H]3O[C@]3(C)[C@H]12. The van der Waals surface area contributed by atoms with Gasteiger partial charge in [0.25, 0.3) is 6.29 Å². The summed E-state index contributed by atoms with van der Waals surface area (Å²) in [5.41, 5.74) is 2.53. The first-order valence-electron chi connectivity index (χ1n) is 10.1. The Morgan fingerprint density at radius 1 is 1.31 bits per heavy atom. The molecule has 1 N–H and O–H groups in total. The van der Waals surface area contributed by atoms with Gasteiger partial charge in [0.1, 0.15) is 12.2 Å². The number of rotatable bonds is 7. The standard InChI is InChI=1S/C22H31NO6/c1-13(2)7-6-8-14(3)9-10-26-19(24)16-12-27-20(28-21(25)23-5)18-15(16)11-17-22(18,4)29-17/h7,9,12,15,17-18,20H,6,8,10-11H2,1-5H3,(H,23,25)/b14-9+/t15-,17+,18+,20+,22+/m1/s1. The zero-order valence-electron chi connectivity index (χ0n) is 17.8. The summed E-state index contributed by atoms with van der Waals surface area (Å²) in [4.78, 5) is 24.3. The zero-order chi connectivity index (χ0) is 21.2. The number of alkyl carbamates (subject to hydrolysis) is 1. The second kappa shape index (κ2) is 8.61. The Kier molecular flexibility index (Phi) is 6.36. The number of allylic oxidation sites excluding steroid dienone is 3. The number of hydrogen-bond donors (Lipinski definition) is 1. The number of nitrogens with one attached hydrogen (secondary N) is 1. The Morgan fingerprint density at radius 3 is 2.76 bits per heavy atom. The van der Waals surface area contributed by atoms with E-state index in [9.17, 15) is 9.59 Å². The van der Waals surface area contributed by atoms with Crippen molar-refractivity contribution in [3.8, 4) is 0 Å². The molecule has 3 aliphatic rings. The molecule has 1 saturated heterocycles. The smallest absolute Gasteiger partial charge is 0.409 e. The van der Waals surface area contributed by atoms with E-state index in [0.29, 0.717) is 12.0 Å². The van der Waals surface area contributed by atoms with Crippen molar-refractivity contribution in [3.05, 3.63) is 35.1 Å². The van der Waals surface area contributed by atoms with Crippen LogP contribution >= 0.6 is 0 Å². The third kappa shape index (κ3) is 4.66. The van der Waals surface area contributed by atoms with Crippen LogP contribution in [0, 0.1) is 11.8 Å². The predicted octanol–water partition coefficient (Wildman–Crippen LogP) is 3.61. The number of carbonyl (C=O) groups excluding carboxylic acids is 2. The van der Waals surface area contributed by atoms with Crippen LogP contribution in [0.5, 0.6) is 0 Å². The number of fused-ring (bicyclic) bond motifs is 3. The molecule has 2 aliphatic heterocycles. The summed E-state index contributed by atoms with van der Waals surface area (Å²) in [5.74, 6) is -0.743. The molecule has 2 heterocycles. The van der Waals surface area contributed by atoms with E-state index in [0.717, 1.165) is 12.8 Å². The molecule has 0 radical (unpaired) electrons. The van der Waals surface area contributed by atoms with Crippen LogP contribution in [0.2, 0.25) is 0 Å². The van der Waals surface area contributed by atoms with Gasteiger partial charge in [-0.15, -0.1) is 0 Å². The van der Waals surface area contributed by atoms with Gasteiger partial charge in [-0.2, -0.15) is 0 Å². The maximum Gasteiger partial charge on any atom is 0.409 e. The number of ether oxygens (including phenoxy) is 4. The van der Waals surface area contributed by atoms with Crippen LogP contribution in [0.4, 0.5) is 4.79 Å². The predicted molar refractivity (Wildman–Crippen MR) is 107 cm³/mol. The zero-order valence-corrected chi connectivity index (χ0v) is 17.8. The van der Waals surface area contributed by atoms with E-state index < -0.39 is 24.0 Å².